The first-order valence-electron chi connectivity index (χ1n) is 12.7. The van der Waals surface area contributed by atoms with Crippen molar-refractivity contribution in [3.63, 3.8) is 0 Å². The molecule has 0 atom stereocenters. The third-order valence-corrected chi connectivity index (χ3v) is 6.45. The zero-order valence-electron chi connectivity index (χ0n) is 23.9. The van der Waals surface area contributed by atoms with Gasteiger partial charge in [0.15, 0.2) is 5.75 Å². The number of carbonyl (C=O) groups excluding carboxylic acids is 1. The highest BCUT2D eigenvalue weighted by Crippen LogP contribution is 2.40. The molecule has 1 aromatic heterocycles. The lowest BCUT2D eigenvalue weighted by Crippen LogP contribution is -2.35. The summed E-state index contributed by atoms with van der Waals surface area (Å²) < 4.78 is 46.7. The summed E-state index contributed by atoms with van der Waals surface area (Å²) >= 11 is 6.54. The van der Waals surface area contributed by atoms with E-state index in [-0.39, 0.29) is 28.9 Å². The van der Waals surface area contributed by atoms with Gasteiger partial charge < -0.3 is 19.7 Å². The van der Waals surface area contributed by atoms with Crippen molar-refractivity contribution < 1.29 is 27.4 Å². The van der Waals surface area contributed by atoms with Gasteiger partial charge in [0.2, 0.25) is 0 Å². The van der Waals surface area contributed by atoms with E-state index in [1.807, 2.05) is 43.1 Å². The maximum atomic E-state index is 12.7. The van der Waals surface area contributed by atoms with E-state index >= 15 is 0 Å². The lowest BCUT2D eigenvalue weighted by Gasteiger charge is -2.20. The van der Waals surface area contributed by atoms with Gasteiger partial charge in [0.05, 0.1) is 12.2 Å². The molecule has 2 aromatic carbocycles. The molecule has 0 unspecified atom stereocenters. The summed E-state index contributed by atoms with van der Waals surface area (Å²) in [5.74, 6) is 6.23. The first kappa shape index (κ1) is 34.7. The van der Waals surface area contributed by atoms with Crippen molar-refractivity contribution in [3.05, 3.63) is 76.1 Å². The van der Waals surface area contributed by atoms with Gasteiger partial charge >= 0.3 is 12.5 Å². The second-order valence-electron chi connectivity index (χ2n) is 9.44. The second kappa shape index (κ2) is 15.7. The Morgan fingerprint density at radius 3 is 2.29 bits per heavy atom. The van der Waals surface area contributed by atoms with E-state index in [1.165, 1.54) is 17.0 Å². The average Bonchev–Trinajstić information content (AvgIpc) is 2.91. The molecule has 1 N–H and O–H groups in total. The zero-order chi connectivity index (χ0) is 30.2. The number of benzene rings is 2. The number of aromatic nitrogens is 1. The van der Waals surface area contributed by atoms with E-state index < -0.39 is 12.5 Å². The van der Waals surface area contributed by atoms with Crippen LogP contribution in [0.25, 0.3) is 11.1 Å². The Morgan fingerprint density at radius 1 is 1.05 bits per heavy atom. The molecule has 3 rings (SSSR count). The molecule has 0 radical (unpaired) electrons. The largest absolute Gasteiger partial charge is 0.573 e. The minimum atomic E-state index is -4.72. The van der Waals surface area contributed by atoms with Crippen LogP contribution in [0, 0.1) is 25.7 Å². The van der Waals surface area contributed by atoms with Gasteiger partial charge in [0.25, 0.3) is 0 Å². The normalized spacial score (nSPS) is 10.9. The molecule has 0 aliphatic heterocycles. The SMILES string of the molecule is CNCCN(C)C(=O)Oc1c(Cl)c(C)nc(C)c1-c1ccc(C#CCN(C)Cc2ccc(OC(F)(F)F)cc2)cc1.Cl. The van der Waals surface area contributed by atoms with E-state index in [0.717, 1.165) is 16.7 Å². The van der Waals surface area contributed by atoms with E-state index in [2.05, 4.69) is 26.9 Å². The average molecular weight is 626 g/mol. The van der Waals surface area contributed by atoms with Gasteiger partial charge in [0.1, 0.15) is 10.8 Å². The minimum Gasteiger partial charge on any atom is -0.408 e. The van der Waals surface area contributed by atoms with Crippen LogP contribution in [0.1, 0.15) is 22.5 Å². The zero-order valence-corrected chi connectivity index (χ0v) is 25.5. The highest BCUT2D eigenvalue weighted by atomic mass is 35.5. The molecule has 0 spiro atoms. The van der Waals surface area contributed by atoms with Gasteiger partial charge in [-0.15, -0.1) is 25.6 Å². The number of alkyl halides is 3. The number of hydrogen-bond donors (Lipinski definition) is 1. The van der Waals surface area contributed by atoms with Gasteiger partial charge in [-0.05, 0) is 63.3 Å². The maximum absolute atomic E-state index is 12.7. The summed E-state index contributed by atoms with van der Waals surface area (Å²) in [6, 6.07) is 13.2. The van der Waals surface area contributed by atoms with Crippen LogP contribution in [0.5, 0.6) is 11.5 Å². The Bertz CT molecular complexity index is 1410. The van der Waals surface area contributed by atoms with Crippen molar-refractivity contribution in [2.24, 2.45) is 0 Å². The van der Waals surface area contributed by atoms with E-state index in [9.17, 15) is 18.0 Å². The Kier molecular flexibility index (Phi) is 12.9. The topological polar surface area (TPSA) is 66.9 Å². The van der Waals surface area contributed by atoms with Crippen molar-refractivity contribution in [1.29, 1.82) is 0 Å². The van der Waals surface area contributed by atoms with Crippen LogP contribution in [-0.2, 0) is 6.54 Å². The number of hydrogen-bond acceptors (Lipinski definition) is 6. The summed E-state index contributed by atoms with van der Waals surface area (Å²) in [7, 11) is 5.33. The number of rotatable bonds is 9. The molecule has 0 saturated heterocycles. The third kappa shape index (κ3) is 10.1. The van der Waals surface area contributed by atoms with Gasteiger partial charge in [-0.3, -0.25) is 9.88 Å². The molecule has 3 aromatic rings. The van der Waals surface area contributed by atoms with Crippen LogP contribution < -0.4 is 14.8 Å². The van der Waals surface area contributed by atoms with Crippen LogP contribution in [0.2, 0.25) is 5.02 Å². The fourth-order valence-corrected chi connectivity index (χ4v) is 4.10. The van der Waals surface area contributed by atoms with Crippen LogP contribution in [0.15, 0.2) is 48.5 Å². The first-order chi connectivity index (χ1) is 19.4. The molecule has 226 valence electrons. The summed E-state index contributed by atoms with van der Waals surface area (Å²) in [6.07, 6.45) is -5.24. The predicted molar refractivity (Wildman–Crippen MR) is 160 cm³/mol. The number of pyridine rings is 1. The summed E-state index contributed by atoms with van der Waals surface area (Å²) in [5.41, 5.74) is 4.25. The molecule has 42 heavy (non-hydrogen) atoms. The van der Waals surface area contributed by atoms with Crippen molar-refractivity contribution in [3.8, 4) is 34.5 Å². The van der Waals surface area contributed by atoms with Crippen molar-refractivity contribution >= 4 is 30.1 Å². The molecule has 1 amide bonds. The number of amides is 1. The lowest BCUT2D eigenvalue weighted by atomic mass is 10.0. The monoisotopic (exact) mass is 624 g/mol. The smallest absolute Gasteiger partial charge is 0.408 e. The Hall–Kier alpha value is -3.49. The molecule has 0 saturated carbocycles. The van der Waals surface area contributed by atoms with Crippen LogP contribution >= 0.6 is 24.0 Å². The Morgan fingerprint density at radius 2 is 1.69 bits per heavy atom. The Balaban J connectivity index is 0.00000616. The number of nitrogens with zero attached hydrogens (tertiary/aromatic N) is 3. The van der Waals surface area contributed by atoms with Gasteiger partial charge in [-0.1, -0.05) is 47.7 Å². The van der Waals surface area contributed by atoms with Crippen molar-refractivity contribution in [2.45, 2.75) is 26.8 Å². The number of aryl methyl sites for hydroxylation is 2. The number of ether oxygens (including phenoxy) is 2. The molecule has 7 nitrogen and oxygen atoms in total. The van der Waals surface area contributed by atoms with Crippen molar-refractivity contribution in [2.75, 3.05) is 40.8 Å². The molecule has 0 aliphatic rings. The molecule has 1 heterocycles. The highest BCUT2D eigenvalue weighted by Gasteiger charge is 2.31. The van der Waals surface area contributed by atoms with Crippen LogP contribution in [-0.4, -0.2) is 68.0 Å². The predicted octanol–water partition coefficient (Wildman–Crippen LogP) is 6.47. The summed E-state index contributed by atoms with van der Waals surface area (Å²) in [4.78, 5) is 20.6. The molecule has 0 aliphatic carbocycles. The fourth-order valence-electron chi connectivity index (χ4n) is 3.93. The first-order valence-corrected chi connectivity index (χ1v) is 13.1. The summed E-state index contributed by atoms with van der Waals surface area (Å²) in [5, 5.41) is 3.27. The van der Waals surface area contributed by atoms with Crippen LogP contribution in [0.4, 0.5) is 18.0 Å². The fraction of sp³-hybridized carbons (Fsp3) is 0.333. The number of nitrogens with one attached hydrogen (secondary N) is 1. The molecule has 0 bridgehead atoms. The van der Waals surface area contributed by atoms with E-state index in [1.54, 1.807) is 33.2 Å². The van der Waals surface area contributed by atoms with E-state index in [0.29, 0.717) is 43.1 Å². The molecule has 0 fully saturated rings. The quantitative estimate of drug-likeness (QED) is 0.275. The standard InChI is InChI=1S/C30H32ClF3N4O3.ClH/c1-20-26(28(27(31)21(2)36-20)40-29(39)38(5)18-16-35-3)24-12-8-22(9-13-24)7-6-17-37(4)19-23-10-14-25(15-11-23)41-30(32,33)34;/h8-15,35H,16-19H2,1-5H3;1H. The number of halogens is 5. The van der Waals surface area contributed by atoms with E-state index in [4.69, 9.17) is 16.3 Å². The maximum Gasteiger partial charge on any atom is 0.573 e. The molecular weight excluding hydrogens is 592 g/mol. The molecular formula is C30H33Cl2F3N4O3. The van der Waals surface area contributed by atoms with Crippen LogP contribution in [0.3, 0.4) is 0 Å². The number of carbonyl (C=O) groups is 1. The van der Waals surface area contributed by atoms with Gasteiger partial charge in [-0.2, -0.15) is 0 Å². The number of likely N-dealkylation sites (N-methyl/N-ethyl adjacent to an activating group) is 2. The van der Waals surface area contributed by atoms with Gasteiger partial charge in [0, 0.05) is 43.5 Å². The van der Waals surface area contributed by atoms with Crippen molar-refractivity contribution in [1.82, 2.24) is 20.1 Å². The van der Waals surface area contributed by atoms with Gasteiger partial charge in [-0.25, -0.2) is 4.79 Å². The lowest BCUT2D eigenvalue weighted by molar-refractivity contribution is -0.274. The molecule has 12 heteroatoms. The third-order valence-electron chi connectivity index (χ3n) is 6.00. The Labute approximate surface area is 255 Å². The summed E-state index contributed by atoms with van der Waals surface area (Å²) in [6.45, 7) is 5.63. The second-order valence-corrected chi connectivity index (χ2v) is 9.81. The minimum absolute atomic E-state index is 0. The highest BCUT2D eigenvalue weighted by molar-refractivity contribution is 6.33.